The number of hydrogen-bond donors (Lipinski definition) is 1. The minimum Gasteiger partial charge on any atom is -0.353 e. The largest absolute Gasteiger partial charge is 0.353 e. The quantitative estimate of drug-likeness (QED) is 0.849. The van der Waals surface area contributed by atoms with Crippen LogP contribution >= 0.6 is 0 Å². The van der Waals surface area contributed by atoms with Crippen LogP contribution in [0.2, 0.25) is 0 Å². The van der Waals surface area contributed by atoms with Gasteiger partial charge in [-0.05, 0) is 12.5 Å². The van der Waals surface area contributed by atoms with Crippen LogP contribution in [0.25, 0.3) is 0 Å². The molecule has 8 heteroatoms. The molecular formula is C12H23N5O2S. The standard InChI is InChI=1S/C12H21N5O2S.H2/c1-4-10-9-11(17-7-5-13-6-8-17)14-15-12(10)16(2)20(3,18)19;/h9,13H,4-8H2,1-3H3;1H. The average Bonchev–Trinajstić information content (AvgIpc) is 2.45. The molecule has 20 heavy (non-hydrogen) atoms. The predicted octanol–water partition coefficient (Wildman–Crippen LogP) is 0.0904. The molecule has 0 unspecified atom stereocenters. The zero-order valence-corrected chi connectivity index (χ0v) is 12.9. The van der Waals surface area contributed by atoms with Gasteiger partial charge < -0.3 is 10.2 Å². The maximum atomic E-state index is 11.6. The lowest BCUT2D eigenvalue weighted by atomic mass is 10.2. The van der Waals surface area contributed by atoms with Crippen molar-refractivity contribution < 1.29 is 9.84 Å². The van der Waals surface area contributed by atoms with Crippen molar-refractivity contribution in [2.45, 2.75) is 13.3 Å². The third-order valence-electron chi connectivity index (χ3n) is 3.46. The van der Waals surface area contributed by atoms with Gasteiger partial charge in [0.05, 0.1) is 6.26 Å². The Hall–Kier alpha value is -1.41. The molecule has 1 saturated heterocycles. The minimum absolute atomic E-state index is 0. The fourth-order valence-corrected chi connectivity index (χ4v) is 2.61. The van der Waals surface area contributed by atoms with Crippen LogP contribution in [-0.2, 0) is 16.4 Å². The zero-order chi connectivity index (χ0) is 14.8. The first-order valence-corrected chi connectivity index (χ1v) is 8.54. The number of sulfonamides is 1. The van der Waals surface area contributed by atoms with E-state index in [2.05, 4.69) is 20.4 Å². The van der Waals surface area contributed by atoms with E-state index >= 15 is 0 Å². The highest BCUT2D eigenvalue weighted by molar-refractivity contribution is 7.92. The van der Waals surface area contributed by atoms with Crippen LogP contribution < -0.4 is 14.5 Å². The molecule has 1 aromatic heterocycles. The Balaban J connectivity index is 0.00000220. The van der Waals surface area contributed by atoms with Crippen LogP contribution in [0.4, 0.5) is 11.6 Å². The van der Waals surface area contributed by atoms with E-state index in [1.807, 2.05) is 13.0 Å². The van der Waals surface area contributed by atoms with Gasteiger partial charge in [0.1, 0.15) is 0 Å². The van der Waals surface area contributed by atoms with Crippen LogP contribution in [-0.4, -0.2) is 58.1 Å². The summed E-state index contributed by atoms with van der Waals surface area (Å²) in [5.74, 6) is 1.22. The Morgan fingerprint density at radius 2 is 2.05 bits per heavy atom. The van der Waals surface area contributed by atoms with E-state index in [0.717, 1.165) is 37.6 Å². The third-order valence-corrected chi connectivity index (χ3v) is 4.62. The summed E-state index contributed by atoms with van der Waals surface area (Å²) in [6.45, 7) is 5.61. The number of rotatable bonds is 4. The number of aryl methyl sites for hydroxylation is 1. The van der Waals surface area contributed by atoms with Crippen molar-refractivity contribution in [1.29, 1.82) is 0 Å². The van der Waals surface area contributed by atoms with Crippen LogP contribution in [0, 0.1) is 0 Å². The summed E-state index contributed by atoms with van der Waals surface area (Å²) in [5.41, 5.74) is 0.890. The first kappa shape index (κ1) is 15.0. The number of piperazine rings is 1. The maximum absolute atomic E-state index is 11.6. The molecule has 7 nitrogen and oxygen atoms in total. The molecule has 2 rings (SSSR count). The second-order valence-corrected chi connectivity index (χ2v) is 6.89. The molecule has 1 aliphatic heterocycles. The highest BCUT2D eigenvalue weighted by atomic mass is 32.2. The van der Waals surface area contributed by atoms with Crippen molar-refractivity contribution in [3.8, 4) is 0 Å². The zero-order valence-electron chi connectivity index (χ0n) is 12.1. The summed E-state index contributed by atoms with van der Waals surface area (Å²) in [4.78, 5) is 2.16. The van der Waals surface area contributed by atoms with E-state index < -0.39 is 10.0 Å². The SMILES string of the molecule is CCc1cc(N2CCNCC2)nnc1N(C)S(C)(=O)=O.[HH]. The van der Waals surface area contributed by atoms with E-state index in [1.54, 1.807) is 0 Å². The van der Waals surface area contributed by atoms with Gasteiger partial charge in [-0.2, -0.15) is 0 Å². The van der Waals surface area contributed by atoms with Gasteiger partial charge in [-0.1, -0.05) is 6.92 Å². The molecule has 1 aliphatic rings. The van der Waals surface area contributed by atoms with Gasteiger partial charge in [-0.3, -0.25) is 4.31 Å². The van der Waals surface area contributed by atoms with Crippen molar-refractivity contribution in [1.82, 2.24) is 15.5 Å². The molecule has 114 valence electrons. The molecule has 1 aromatic rings. The number of nitrogens with zero attached hydrogens (tertiary/aromatic N) is 4. The number of hydrogen-bond acceptors (Lipinski definition) is 6. The molecule has 0 aliphatic carbocycles. The Labute approximate surface area is 121 Å². The van der Waals surface area contributed by atoms with Gasteiger partial charge in [0, 0.05) is 40.2 Å². The van der Waals surface area contributed by atoms with Gasteiger partial charge in [0.2, 0.25) is 10.0 Å². The minimum atomic E-state index is -3.32. The van der Waals surface area contributed by atoms with Gasteiger partial charge >= 0.3 is 0 Å². The normalized spacial score (nSPS) is 16.2. The Kier molecular flexibility index (Phi) is 4.44. The number of aromatic nitrogens is 2. The maximum Gasteiger partial charge on any atom is 0.233 e. The summed E-state index contributed by atoms with van der Waals surface area (Å²) < 4.78 is 24.4. The molecule has 0 radical (unpaired) electrons. The lowest BCUT2D eigenvalue weighted by Gasteiger charge is -2.29. The van der Waals surface area contributed by atoms with E-state index in [-0.39, 0.29) is 1.43 Å². The second-order valence-electron chi connectivity index (χ2n) is 4.87. The van der Waals surface area contributed by atoms with Crippen LogP contribution in [0.5, 0.6) is 0 Å². The average molecular weight is 301 g/mol. The molecule has 0 saturated carbocycles. The van der Waals surface area contributed by atoms with Crippen molar-refractivity contribution in [2.75, 3.05) is 48.7 Å². The van der Waals surface area contributed by atoms with Gasteiger partial charge in [0.15, 0.2) is 11.6 Å². The summed E-state index contributed by atoms with van der Waals surface area (Å²) in [6.07, 6.45) is 1.88. The highest BCUT2D eigenvalue weighted by Gasteiger charge is 2.20. The van der Waals surface area contributed by atoms with Crippen molar-refractivity contribution in [3.05, 3.63) is 11.6 Å². The van der Waals surface area contributed by atoms with E-state index in [0.29, 0.717) is 12.2 Å². The first-order chi connectivity index (χ1) is 9.43. The Bertz CT molecular complexity index is 575. The molecule has 1 N–H and O–H groups in total. The number of nitrogens with one attached hydrogen (secondary N) is 1. The fourth-order valence-electron chi connectivity index (χ4n) is 2.14. The smallest absolute Gasteiger partial charge is 0.233 e. The summed E-state index contributed by atoms with van der Waals surface area (Å²) in [7, 11) is -1.82. The topological polar surface area (TPSA) is 78.4 Å². The van der Waals surface area contributed by atoms with Crippen molar-refractivity contribution >= 4 is 21.7 Å². The molecule has 0 spiro atoms. The monoisotopic (exact) mass is 301 g/mol. The lowest BCUT2D eigenvalue weighted by Crippen LogP contribution is -2.44. The molecule has 0 atom stereocenters. The van der Waals surface area contributed by atoms with Crippen LogP contribution in [0.3, 0.4) is 0 Å². The fraction of sp³-hybridized carbons (Fsp3) is 0.667. The van der Waals surface area contributed by atoms with E-state index in [1.165, 1.54) is 17.6 Å². The first-order valence-electron chi connectivity index (χ1n) is 6.69. The Morgan fingerprint density at radius 3 is 2.60 bits per heavy atom. The summed E-state index contributed by atoms with van der Waals surface area (Å²) in [6, 6.07) is 1.94. The van der Waals surface area contributed by atoms with E-state index in [4.69, 9.17) is 0 Å². The van der Waals surface area contributed by atoms with Crippen LogP contribution in [0.15, 0.2) is 6.07 Å². The van der Waals surface area contributed by atoms with E-state index in [9.17, 15) is 8.42 Å². The molecule has 0 aromatic carbocycles. The molecular weight excluding hydrogens is 278 g/mol. The van der Waals surface area contributed by atoms with Gasteiger partial charge in [-0.15, -0.1) is 10.2 Å². The lowest BCUT2D eigenvalue weighted by molar-refractivity contribution is 0.582. The van der Waals surface area contributed by atoms with Crippen LogP contribution in [0.1, 0.15) is 13.9 Å². The molecule has 2 heterocycles. The summed E-state index contributed by atoms with van der Waals surface area (Å²) >= 11 is 0. The van der Waals surface area contributed by atoms with Crippen molar-refractivity contribution in [2.24, 2.45) is 0 Å². The Morgan fingerprint density at radius 1 is 1.40 bits per heavy atom. The van der Waals surface area contributed by atoms with Gasteiger partial charge in [-0.25, -0.2) is 8.42 Å². The summed E-state index contributed by atoms with van der Waals surface area (Å²) in [5, 5.41) is 11.6. The van der Waals surface area contributed by atoms with Gasteiger partial charge in [0.25, 0.3) is 0 Å². The molecule has 0 bridgehead atoms. The third kappa shape index (κ3) is 3.18. The highest BCUT2D eigenvalue weighted by Crippen LogP contribution is 2.22. The molecule has 1 fully saturated rings. The predicted molar refractivity (Wildman–Crippen MR) is 81.9 cm³/mol. The number of anilines is 2. The van der Waals surface area contributed by atoms with Crippen molar-refractivity contribution in [3.63, 3.8) is 0 Å². The second kappa shape index (κ2) is 5.92. The molecule has 0 amide bonds.